The molecule has 0 atom stereocenters. The van der Waals surface area contributed by atoms with Crippen LogP contribution < -0.4 is 9.64 Å². The summed E-state index contributed by atoms with van der Waals surface area (Å²) in [4.78, 5) is 25.2. The van der Waals surface area contributed by atoms with E-state index < -0.39 is 17.6 Å². The summed E-state index contributed by atoms with van der Waals surface area (Å²) in [7, 11) is 1.42. The standard InChI is InChI=1S/C15H15ClFNO4/c1-8(2)9-4-14(19)18(15(9)20)12-6-13(22-7-21-3)10(16)5-11(12)17/h5-6H,4,7H2,1-3H3. The molecule has 22 heavy (non-hydrogen) atoms. The summed E-state index contributed by atoms with van der Waals surface area (Å²) in [5.74, 6) is -1.65. The Morgan fingerprint density at radius 2 is 2.05 bits per heavy atom. The third-order valence-corrected chi connectivity index (χ3v) is 3.51. The van der Waals surface area contributed by atoms with E-state index in [0.717, 1.165) is 16.5 Å². The van der Waals surface area contributed by atoms with Crippen LogP contribution in [0.1, 0.15) is 20.3 Å². The maximum Gasteiger partial charge on any atom is 0.261 e. The highest BCUT2D eigenvalue weighted by Crippen LogP contribution is 2.36. The van der Waals surface area contributed by atoms with E-state index >= 15 is 0 Å². The van der Waals surface area contributed by atoms with Gasteiger partial charge in [-0.05, 0) is 19.9 Å². The monoisotopic (exact) mass is 327 g/mol. The minimum atomic E-state index is -0.772. The minimum Gasteiger partial charge on any atom is -0.466 e. The molecule has 1 aliphatic rings. The lowest BCUT2D eigenvalue weighted by Crippen LogP contribution is -2.30. The molecule has 1 fully saturated rings. The molecule has 0 radical (unpaired) electrons. The van der Waals surface area contributed by atoms with Crippen LogP contribution in [0.15, 0.2) is 23.3 Å². The van der Waals surface area contributed by atoms with Gasteiger partial charge in [0.05, 0.1) is 17.1 Å². The van der Waals surface area contributed by atoms with Crippen LogP contribution in [0, 0.1) is 5.82 Å². The normalized spacial score (nSPS) is 14.8. The van der Waals surface area contributed by atoms with Crippen molar-refractivity contribution in [3.05, 3.63) is 34.1 Å². The maximum atomic E-state index is 14.1. The molecular formula is C15H15ClFNO4. The van der Waals surface area contributed by atoms with Crippen LogP contribution in [-0.2, 0) is 14.3 Å². The van der Waals surface area contributed by atoms with Gasteiger partial charge in [0, 0.05) is 18.7 Å². The number of halogens is 2. The zero-order valence-corrected chi connectivity index (χ0v) is 13.2. The van der Waals surface area contributed by atoms with Gasteiger partial charge in [0.1, 0.15) is 11.6 Å². The van der Waals surface area contributed by atoms with E-state index in [9.17, 15) is 14.0 Å². The number of anilines is 1. The number of benzene rings is 1. The van der Waals surface area contributed by atoms with Crippen LogP contribution in [0.25, 0.3) is 0 Å². The molecule has 0 spiro atoms. The Hall–Kier alpha value is -1.92. The Morgan fingerprint density at radius 1 is 1.36 bits per heavy atom. The van der Waals surface area contributed by atoms with Crippen LogP contribution in [-0.4, -0.2) is 25.7 Å². The lowest BCUT2D eigenvalue weighted by molar-refractivity contribution is -0.120. The number of methoxy groups -OCH3 is 1. The molecular weight excluding hydrogens is 313 g/mol. The molecule has 5 nitrogen and oxygen atoms in total. The Bertz CT molecular complexity index is 668. The minimum absolute atomic E-state index is 0.0276. The first-order chi connectivity index (χ1) is 10.4. The first-order valence-electron chi connectivity index (χ1n) is 6.51. The lowest BCUT2D eigenvalue weighted by Gasteiger charge is -2.17. The fraction of sp³-hybridized carbons (Fsp3) is 0.333. The average molecular weight is 328 g/mol. The number of nitrogens with zero attached hydrogens (tertiary/aromatic N) is 1. The summed E-state index contributed by atoms with van der Waals surface area (Å²) in [6.07, 6.45) is -0.0442. The van der Waals surface area contributed by atoms with Crippen molar-refractivity contribution in [3.63, 3.8) is 0 Å². The van der Waals surface area contributed by atoms with Crippen molar-refractivity contribution in [1.82, 2.24) is 0 Å². The second-order valence-electron chi connectivity index (χ2n) is 4.97. The third-order valence-electron chi connectivity index (χ3n) is 3.22. The van der Waals surface area contributed by atoms with Crippen LogP contribution in [0.4, 0.5) is 10.1 Å². The largest absolute Gasteiger partial charge is 0.466 e. The average Bonchev–Trinajstić information content (AvgIpc) is 2.74. The Morgan fingerprint density at radius 3 is 2.59 bits per heavy atom. The molecule has 1 saturated heterocycles. The maximum absolute atomic E-state index is 14.1. The van der Waals surface area contributed by atoms with E-state index in [1.807, 2.05) is 0 Å². The third kappa shape index (κ3) is 2.98. The molecule has 0 saturated carbocycles. The molecule has 1 heterocycles. The highest BCUT2D eigenvalue weighted by atomic mass is 35.5. The molecule has 0 bridgehead atoms. The smallest absolute Gasteiger partial charge is 0.261 e. The van der Waals surface area contributed by atoms with Crippen molar-refractivity contribution in [2.45, 2.75) is 20.3 Å². The quantitative estimate of drug-likeness (QED) is 0.484. The van der Waals surface area contributed by atoms with E-state index in [1.165, 1.54) is 13.2 Å². The van der Waals surface area contributed by atoms with E-state index in [-0.39, 0.29) is 29.7 Å². The molecule has 118 valence electrons. The predicted molar refractivity (Wildman–Crippen MR) is 79.4 cm³/mol. The molecule has 0 N–H and O–H groups in total. The summed E-state index contributed by atoms with van der Waals surface area (Å²) < 4.78 is 24.1. The fourth-order valence-electron chi connectivity index (χ4n) is 2.11. The Balaban J connectivity index is 2.46. The first kappa shape index (κ1) is 16.5. The van der Waals surface area contributed by atoms with Gasteiger partial charge in [0.15, 0.2) is 6.79 Å². The van der Waals surface area contributed by atoms with Crippen molar-refractivity contribution in [2.24, 2.45) is 0 Å². The number of imide groups is 1. The number of allylic oxidation sites excluding steroid dienone is 1. The highest BCUT2D eigenvalue weighted by Gasteiger charge is 2.37. The van der Waals surface area contributed by atoms with Crippen LogP contribution >= 0.6 is 11.6 Å². The van der Waals surface area contributed by atoms with Gasteiger partial charge in [-0.2, -0.15) is 0 Å². The summed E-state index contributed by atoms with van der Waals surface area (Å²) in [5.41, 5.74) is 0.923. The lowest BCUT2D eigenvalue weighted by atomic mass is 10.1. The second kappa shape index (κ2) is 6.46. The fourth-order valence-corrected chi connectivity index (χ4v) is 2.32. The van der Waals surface area contributed by atoms with Gasteiger partial charge in [0.25, 0.3) is 5.91 Å². The molecule has 0 aliphatic carbocycles. The van der Waals surface area contributed by atoms with E-state index in [4.69, 9.17) is 21.1 Å². The van der Waals surface area contributed by atoms with E-state index in [2.05, 4.69) is 0 Å². The van der Waals surface area contributed by atoms with Crippen molar-refractivity contribution in [2.75, 3.05) is 18.8 Å². The van der Waals surface area contributed by atoms with Crippen LogP contribution in [0.3, 0.4) is 0 Å². The zero-order chi connectivity index (χ0) is 16.4. The Kier molecular flexibility index (Phi) is 4.83. The van der Waals surface area contributed by atoms with Gasteiger partial charge in [-0.1, -0.05) is 17.2 Å². The number of ether oxygens (including phenoxy) is 2. The first-order valence-corrected chi connectivity index (χ1v) is 6.89. The highest BCUT2D eigenvalue weighted by molar-refractivity contribution is 6.32. The van der Waals surface area contributed by atoms with Gasteiger partial charge in [-0.25, -0.2) is 9.29 Å². The summed E-state index contributed by atoms with van der Waals surface area (Å²) >= 11 is 5.88. The van der Waals surface area contributed by atoms with Crippen molar-refractivity contribution < 1.29 is 23.5 Å². The summed E-state index contributed by atoms with van der Waals surface area (Å²) in [6, 6.07) is 2.23. The van der Waals surface area contributed by atoms with Crippen molar-refractivity contribution >= 4 is 29.1 Å². The number of amides is 2. The van der Waals surface area contributed by atoms with Crippen molar-refractivity contribution in [1.29, 1.82) is 0 Å². The van der Waals surface area contributed by atoms with E-state index in [1.54, 1.807) is 13.8 Å². The molecule has 2 rings (SSSR count). The number of carbonyl (C=O) groups excluding carboxylic acids is 2. The van der Waals surface area contributed by atoms with Gasteiger partial charge < -0.3 is 9.47 Å². The molecule has 1 aromatic rings. The SMILES string of the molecule is COCOc1cc(N2C(=O)CC(=C(C)C)C2=O)c(F)cc1Cl. The number of carbonyl (C=O) groups is 2. The molecule has 2 amide bonds. The predicted octanol–water partition coefficient (Wildman–Crippen LogP) is 3.06. The second-order valence-corrected chi connectivity index (χ2v) is 5.38. The van der Waals surface area contributed by atoms with Crippen LogP contribution in [0.2, 0.25) is 5.02 Å². The number of hydrogen-bond acceptors (Lipinski definition) is 4. The Labute approximate surface area is 132 Å². The molecule has 1 aliphatic heterocycles. The van der Waals surface area contributed by atoms with Gasteiger partial charge in [0.2, 0.25) is 5.91 Å². The summed E-state index contributed by atoms with van der Waals surface area (Å²) in [5, 5.41) is 0.0276. The number of rotatable bonds is 4. The molecule has 7 heteroatoms. The summed E-state index contributed by atoms with van der Waals surface area (Å²) in [6.45, 7) is 3.37. The topological polar surface area (TPSA) is 55.8 Å². The molecule has 0 aromatic heterocycles. The van der Waals surface area contributed by atoms with Crippen molar-refractivity contribution in [3.8, 4) is 5.75 Å². The van der Waals surface area contributed by atoms with Gasteiger partial charge in [-0.3, -0.25) is 9.59 Å². The molecule has 1 aromatic carbocycles. The molecule has 0 unspecified atom stereocenters. The number of hydrogen-bond donors (Lipinski definition) is 0. The van der Waals surface area contributed by atoms with Gasteiger partial charge in [-0.15, -0.1) is 0 Å². The zero-order valence-electron chi connectivity index (χ0n) is 12.4. The van der Waals surface area contributed by atoms with Gasteiger partial charge >= 0.3 is 0 Å². The van der Waals surface area contributed by atoms with E-state index in [0.29, 0.717) is 5.57 Å². The van der Waals surface area contributed by atoms with Crippen LogP contribution in [0.5, 0.6) is 5.75 Å².